The molecule has 0 bridgehead atoms. The minimum Gasteiger partial charge on any atom is -0.469 e. The molecule has 0 amide bonds. The highest BCUT2D eigenvalue weighted by molar-refractivity contribution is 7.11. The number of nitrogens with zero attached hydrogens (tertiary/aromatic N) is 1. The second kappa shape index (κ2) is 5.72. The SMILES string of the molecule is COC(=O)CCNCc1cnc(C)s1. The molecule has 1 aromatic heterocycles. The van der Waals surface area contributed by atoms with Crippen LogP contribution in [-0.4, -0.2) is 24.6 Å². The predicted molar refractivity (Wildman–Crippen MR) is 55.2 cm³/mol. The van der Waals surface area contributed by atoms with Gasteiger partial charge in [0.25, 0.3) is 0 Å². The maximum Gasteiger partial charge on any atom is 0.306 e. The summed E-state index contributed by atoms with van der Waals surface area (Å²) in [5, 5.41) is 4.21. The average Bonchev–Trinajstić information content (AvgIpc) is 2.58. The molecule has 1 N–H and O–H groups in total. The summed E-state index contributed by atoms with van der Waals surface area (Å²) in [4.78, 5) is 16.1. The van der Waals surface area contributed by atoms with E-state index in [1.165, 1.54) is 12.0 Å². The zero-order valence-electron chi connectivity index (χ0n) is 8.37. The molecule has 0 aliphatic carbocycles. The molecule has 0 atom stereocenters. The van der Waals surface area contributed by atoms with Crippen LogP contribution in [0.3, 0.4) is 0 Å². The first kappa shape index (κ1) is 11.1. The summed E-state index contributed by atoms with van der Waals surface area (Å²) in [5.41, 5.74) is 0. The van der Waals surface area contributed by atoms with Gasteiger partial charge in [-0.25, -0.2) is 4.98 Å². The van der Waals surface area contributed by atoms with Crippen molar-refractivity contribution in [1.29, 1.82) is 0 Å². The first-order chi connectivity index (χ1) is 6.72. The molecule has 1 heterocycles. The third-order valence-electron chi connectivity index (χ3n) is 1.70. The molecule has 0 aliphatic heterocycles. The lowest BCUT2D eigenvalue weighted by Crippen LogP contribution is -2.17. The van der Waals surface area contributed by atoms with Crippen LogP contribution in [0.25, 0.3) is 0 Å². The summed E-state index contributed by atoms with van der Waals surface area (Å²) >= 11 is 1.66. The summed E-state index contributed by atoms with van der Waals surface area (Å²) in [7, 11) is 1.40. The van der Waals surface area contributed by atoms with Gasteiger partial charge in [-0.1, -0.05) is 0 Å². The normalized spacial score (nSPS) is 10.1. The van der Waals surface area contributed by atoms with E-state index < -0.39 is 0 Å². The molecule has 0 aliphatic rings. The van der Waals surface area contributed by atoms with Gasteiger partial charge in [-0.15, -0.1) is 11.3 Å². The number of nitrogens with one attached hydrogen (secondary N) is 1. The Hall–Kier alpha value is -0.940. The lowest BCUT2D eigenvalue weighted by molar-refractivity contribution is -0.140. The molecule has 1 rings (SSSR count). The van der Waals surface area contributed by atoms with Crippen LogP contribution in [0.5, 0.6) is 0 Å². The van der Waals surface area contributed by atoms with Crippen molar-refractivity contribution in [3.05, 3.63) is 16.1 Å². The topological polar surface area (TPSA) is 51.2 Å². The largest absolute Gasteiger partial charge is 0.469 e. The van der Waals surface area contributed by atoms with Gasteiger partial charge in [-0.2, -0.15) is 0 Å². The molecule has 4 nitrogen and oxygen atoms in total. The summed E-state index contributed by atoms with van der Waals surface area (Å²) < 4.78 is 4.52. The van der Waals surface area contributed by atoms with Crippen LogP contribution in [-0.2, 0) is 16.1 Å². The van der Waals surface area contributed by atoms with E-state index in [1.54, 1.807) is 11.3 Å². The zero-order valence-corrected chi connectivity index (χ0v) is 9.19. The maximum absolute atomic E-state index is 10.8. The van der Waals surface area contributed by atoms with Crippen molar-refractivity contribution in [2.45, 2.75) is 19.9 Å². The van der Waals surface area contributed by atoms with Crippen molar-refractivity contribution in [3.63, 3.8) is 0 Å². The first-order valence-corrected chi connectivity index (χ1v) is 5.23. The number of carbonyl (C=O) groups excluding carboxylic acids is 1. The number of aromatic nitrogens is 1. The van der Waals surface area contributed by atoms with Crippen LogP contribution in [0, 0.1) is 6.92 Å². The number of hydrogen-bond donors (Lipinski definition) is 1. The lowest BCUT2D eigenvalue weighted by atomic mass is 10.4. The average molecular weight is 214 g/mol. The second-order valence-corrected chi connectivity index (χ2v) is 4.17. The van der Waals surface area contributed by atoms with Crippen LogP contribution in [0.4, 0.5) is 0 Å². The Bertz CT molecular complexity index is 299. The molecule has 5 heteroatoms. The summed E-state index contributed by atoms with van der Waals surface area (Å²) in [6.45, 7) is 3.38. The Morgan fingerprint density at radius 3 is 3.07 bits per heavy atom. The van der Waals surface area contributed by atoms with Gasteiger partial charge in [-0.3, -0.25) is 4.79 Å². The Kier molecular flexibility index (Phi) is 4.55. The van der Waals surface area contributed by atoms with Crippen LogP contribution in [0.2, 0.25) is 0 Å². The summed E-state index contributed by atoms with van der Waals surface area (Å²) in [6.07, 6.45) is 2.26. The summed E-state index contributed by atoms with van der Waals surface area (Å²) in [6, 6.07) is 0. The Labute approximate surface area is 87.3 Å². The van der Waals surface area contributed by atoms with Gasteiger partial charge in [-0.05, 0) is 6.92 Å². The molecule has 1 aromatic rings. The number of ether oxygens (including phenoxy) is 1. The van der Waals surface area contributed by atoms with E-state index in [-0.39, 0.29) is 5.97 Å². The van der Waals surface area contributed by atoms with E-state index in [9.17, 15) is 4.79 Å². The van der Waals surface area contributed by atoms with Gasteiger partial charge >= 0.3 is 5.97 Å². The number of rotatable bonds is 5. The van der Waals surface area contributed by atoms with Gasteiger partial charge in [0, 0.05) is 24.2 Å². The monoisotopic (exact) mass is 214 g/mol. The Morgan fingerprint density at radius 2 is 2.50 bits per heavy atom. The van der Waals surface area contributed by atoms with Gasteiger partial charge in [0.15, 0.2) is 0 Å². The second-order valence-electron chi connectivity index (χ2n) is 2.85. The van der Waals surface area contributed by atoms with Crippen LogP contribution < -0.4 is 5.32 Å². The van der Waals surface area contributed by atoms with Crippen LogP contribution >= 0.6 is 11.3 Å². The Morgan fingerprint density at radius 1 is 1.71 bits per heavy atom. The number of methoxy groups -OCH3 is 1. The Balaban J connectivity index is 2.13. The molecule has 0 radical (unpaired) electrons. The molecule has 0 saturated heterocycles. The van der Waals surface area contributed by atoms with E-state index in [0.717, 1.165) is 11.6 Å². The van der Waals surface area contributed by atoms with Gasteiger partial charge in [0.05, 0.1) is 18.5 Å². The fourth-order valence-electron chi connectivity index (χ4n) is 0.991. The fraction of sp³-hybridized carbons (Fsp3) is 0.556. The van der Waals surface area contributed by atoms with Crippen molar-refractivity contribution in [2.75, 3.05) is 13.7 Å². The number of thiazole rings is 1. The smallest absolute Gasteiger partial charge is 0.306 e. The third kappa shape index (κ3) is 3.85. The third-order valence-corrected chi connectivity index (χ3v) is 2.61. The van der Waals surface area contributed by atoms with Crippen LogP contribution in [0.1, 0.15) is 16.3 Å². The molecule has 0 saturated carbocycles. The molecule has 14 heavy (non-hydrogen) atoms. The van der Waals surface area contributed by atoms with Crippen molar-refractivity contribution < 1.29 is 9.53 Å². The van der Waals surface area contributed by atoms with E-state index in [0.29, 0.717) is 13.0 Å². The minimum absolute atomic E-state index is 0.182. The molecular weight excluding hydrogens is 200 g/mol. The van der Waals surface area contributed by atoms with Gasteiger partial charge < -0.3 is 10.1 Å². The van der Waals surface area contributed by atoms with Crippen molar-refractivity contribution in [3.8, 4) is 0 Å². The highest BCUT2D eigenvalue weighted by Crippen LogP contribution is 2.10. The van der Waals surface area contributed by atoms with E-state index in [4.69, 9.17) is 0 Å². The first-order valence-electron chi connectivity index (χ1n) is 4.41. The van der Waals surface area contributed by atoms with Crippen molar-refractivity contribution >= 4 is 17.3 Å². The quantitative estimate of drug-likeness (QED) is 0.589. The molecular formula is C9H14N2O2S. The lowest BCUT2D eigenvalue weighted by Gasteiger charge is -2.00. The van der Waals surface area contributed by atoms with E-state index in [1.807, 2.05) is 13.1 Å². The maximum atomic E-state index is 10.8. The number of aryl methyl sites for hydroxylation is 1. The number of carbonyl (C=O) groups is 1. The summed E-state index contributed by atoms with van der Waals surface area (Å²) in [5.74, 6) is -0.182. The molecule has 0 aromatic carbocycles. The molecule has 0 fully saturated rings. The van der Waals surface area contributed by atoms with Gasteiger partial charge in [0.1, 0.15) is 0 Å². The van der Waals surface area contributed by atoms with Gasteiger partial charge in [0.2, 0.25) is 0 Å². The highest BCUT2D eigenvalue weighted by Gasteiger charge is 2.00. The highest BCUT2D eigenvalue weighted by atomic mass is 32.1. The van der Waals surface area contributed by atoms with E-state index in [2.05, 4.69) is 15.0 Å². The molecule has 0 unspecified atom stereocenters. The van der Waals surface area contributed by atoms with Crippen molar-refractivity contribution in [2.24, 2.45) is 0 Å². The van der Waals surface area contributed by atoms with Crippen LogP contribution in [0.15, 0.2) is 6.20 Å². The standard InChI is InChI=1S/C9H14N2O2S/c1-7-11-6-8(14-7)5-10-4-3-9(12)13-2/h6,10H,3-5H2,1-2H3. The van der Waals surface area contributed by atoms with Crippen molar-refractivity contribution in [1.82, 2.24) is 10.3 Å². The number of esters is 1. The fourth-order valence-corrected chi connectivity index (χ4v) is 1.76. The number of hydrogen-bond acceptors (Lipinski definition) is 5. The predicted octanol–water partition coefficient (Wildman–Crippen LogP) is 1.10. The van der Waals surface area contributed by atoms with E-state index >= 15 is 0 Å². The zero-order chi connectivity index (χ0) is 10.4. The molecule has 0 spiro atoms. The minimum atomic E-state index is -0.182. The molecule has 78 valence electrons.